The van der Waals surface area contributed by atoms with Crippen molar-refractivity contribution in [3.8, 4) is 5.75 Å². The Morgan fingerprint density at radius 2 is 1.72 bits per heavy atom. The number of aromatic hydroxyl groups is 1. The number of anilines is 1. The molecular weight excluding hydrogens is 376 g/mol. The van der Waals surface area contributed by atoms with Gasteiger partial charge in [-0.2, -0.15) is 0 Å². The van der Waals surface area contributed by atoms with Crippen LogP contribution in [0.3, 0.4) is 0 Å². The SMILES string of the molecule is CC(C)(C)OC(=O)N[C@H](CC(=O)N1CCc2cc(O)ccc21)C(=O)OC(C)(C)C. The molecule has 160 valence electrons. The number of hydrogen-bond acceptors (Lipinski definition) is 6. The Balaban J connectivity index is 2.15. The van der Waals surface area contributed by atoms with Crippen molar-refractivity contribution in [2.45, 2.75) is 71.6 Å². The first-order chi connectivity index (χ1) is 13.2. The first-order valence-electron chi connectivity index (χ1n) is 9.60. The van der Waals surface area contributed by atoms with Gasteiger partial charge in [0.25, 0.3) is 0 Å². The fourth-order valence-corrected chi connectivity index (χ4v) is 2.95. The molecule has 0 unspecified atom stereocenters. The van der Waals surface area contributed by atoms with Gasteiger partial charge in [0.2, 0.25) is 5.91 Å². The molecule has 1 aromatic rings. The van der Waals surface area contributed by atoms with Crippen LogP contribution in [0.15, 0.2) is 18.2 Å². The molecule has 0 spiro atoms. The van der Waals surface area contributed by atoms with Crippen LogP contribution >= 0.6 is 0 Å². The van der Waals surface area contributed by atoms with E-state index in [0.29, 0.717) is 18.7 Å². The van der Waals surface area contributed by atoms with E-state index in [1.165, 1.54) is 6.07 Å². The predicted molar refractivity (Wildman–Crippen MR) is 108 cm³/mol. The molecule has 0 fully saturated rings. The van der Waals surface area contributed by atoms with E-state index in [2.05, 4.69) is 5.32 Å². The van der Waals surface area contributed by atoms with Crippen molar-refractivity contribution in [2.75, 3.05) is 11.4 Å². The van der Waals surface area contributed by atoms with Crippen molar-refractivity contribution in [3.05, 3.63) is 23.8 Å². The maximum absolute atomic E-state index is 12.9. The second kappa shape index (κ2) is 8.31. The summed E-state index contributed by atoms with van der Waals surface area (Å²) in [5.41, 5.74) is 0.0223. The minimum Gasteiger partial charge on any atom is -0.508 e. The molecule has 1 atom stereocenters. The van der Waals surface area contributed by atoms with Gasteiger partial charge < -0.3 is 24.8 Å². The molecule has 1 aliphatic rings. The van der Waals surface area contributed by atoms with Crippen molar-refractivity contribution in [2.24, 2.45) is 0 Å². The number of phenols is 1. The molecule has 0 aromatic heterocycles. The highest BCUT2D eigenvalue weighted by Gasteiger charge is 2.33. The second-order valence-corrected chi connectivity index (χ2v) is 9.04. The highest BCUT2D eigenvalue weighted by molar-refractivity contribution is 5.98. The van der Waals surface area contributed by atoms with Crippen molar-refractivity contribution in [3.63, 3.8) is 0 Å². The minimum absolute atomic E-state index is 0.135. The van der Waals surface area contributed by atoms with E-state index < -0.39 is 29.3 Å². The smallest absolute Gasteiger partial charge is 0.408 e. The van der Waals surface area contributed by atoms with E-state index in [1.807, 2.05) is 0 Å². The molecule has 2 amide bonds. The van der Waals surface area contributed by atoms with Crippen molar-refractivity contribution < 1.29 is 29.0 Å². The zero-order chi connectivity index (χ0) is 22.0. The first kappa shape index (κ1) is 22.5. The molecule has 0 saturated carbocycles. The number of nitrogens with one attached hydrogen (secondary N) is 1. The summed E-state index contributed by atoms with van der Waals surface area (Å²) in [6.45, 7) is 10.7. The average Bonchev–Trinajstić information content (AvgIpc) is 2.93. The van der Waals surface area contributed by atoms with Crippen LogP contribution in [-0.4, -0.2) is 46.9 Å². The van der Waals surface area contributed by atoms with E-state index >= 15 is 0 Å². The van der Waals surface area contributed by atoms with Crippen LogP contribution in [0.2, 0.25) is 0 Å². The highest BCUT2D eigenvalue weighted by atomic mass is 16.6. The quantitative estimate of drug-likeness (QED) is 0.745. The Labute approximate surface area is 171 Å². The van der Waals surface area contributed by atoms with Gasteiger partial charge in [-0.15, -0.1) is 0 Å². The highest BCUT2D eigenvalue weighted by Crippen LogP contribution is 2.31. The monoisotopic (exact) mass is 406 g/mol. The maximum Gasteiger partial charge on any atom is 0.408 e. The summed E-state index contributed by atoms with van der Waals surface area (Å²) in [5, 5.41) is 12.1. The number of benzene rings is 1. The molecule has 0 aliphatic carbocycles. The number of carbonyl (C=O) groups is 3. The molecule has 0 bridgehead atoms. The Hall–Kier alpha value is -2.77. The molecule has 2 N–H and O–H groups in total. The number of amides is 2. The van der Waals surface area contributed by atoms with Gasteiger partial charge >= 0.3 is 12.1 Å². The van der Waals surface area contributed by atoms with Gasteiger partial charge in [0.05, 0.1) is 6.42 Å². The molecule has 1 aliphatic heterocycles. The number of nitrogens with zero attached hydrogens (tertiary/aromatic N) is 1. The van der Waals surface area contributed by atoms with Gasteiger partial charge in [-0.05, 0) is 71.7 Å². The Kier molecular flexibility index (Phi) is 6.45. The Bertz CT molecular complexity index is 791. The van der Waals surface area contributed by atoms with E-state index in [9.17, 15) is 19.5 Å². The summed E-state index contributed by atoms with van der Waals surface area (Å²) in [6.07, 6.45) is -0.464. The third-order valence-electron chi connectivity index (χ3n) is 4.02. The van der Waals surface area contributed by atoms with Crippen LogP contribution in [0.25, 0.3) is 0 Å². The lowest BCUT2D eigenvalue weighted by Gasteiger charge is -2.27. The van der Waals surface area contributed by atoms with Gasteiger partial charge in [-0.1, -0.05) is 0 Å². The molecular formula is C21H30N2O6. The normalized spacial score (nSPS) is 14.8. The number of ether oxygens (including phenoxy) is 2. The van der Waals surface area contributed by atoms with Crippen molar-refractivity contribution in [1.29, 1.82) is 0 Å². The van der Waals surface area contributed by atoms with Crippen LogP contribution in [0.5, 0.6) is 5.75 Å². The molecule has 1 heterocycles. The lowest BCUT2D eigenvalue weighted by atomic mass is 10.1. The lowest BCUT2D eigenvalue weighted by Crippen LogP contribution is -2.48. The molecule has 1 aromatic carbocycles. The number of esters is 1. The zero-order valence-corrected chi connectivity index (χ0v) is 17.9. The number of alkyl carbamates (subject to hydrolysis) is 1. The average molecular weight is 406 g/mol. The lowest BCUT2D eigenvalue weighted by molar-refractivity contribution is -0.158. The van der Waals surface area contributed by atoms with Crippen molar-refractivity contribution >= 4 is 23.7 Å². The fourth-order valence-electron chi connectivity index (χ4n) is 2.95. The van der Waals surface area contributed by atoms with Crippen LogP contribution < -0.4 is 10.2 Å². The van der Waals surface area contributed by atoms with E-state index in [-0.39, 0.29) is 18.1 Å². The Morgan fingerprint density at radius 1 is 1.10 bits per heavy atom. The first-order valence-corrected chi connectivity index (χ1v) is 9.60. The topological polar surface area (TPSA) is 105 Å². The number of rotatable bonds is 4. The summed E-state index contributed by atoms with van der Waals surface area (Å²) >= 11 is 0. The van der Waals surface area contributed by atoms with Crippen LogP contribution in [-0.2, 0) is 25.5 Å². The molecule has 29 heavy (non-hydrogen) atoms. The minimum atomic E-state index is -1.18. The molecule has 0 radical (unpaired) electrons. The maximum atomic E-state index is 12.9. The number of hydrogen-bond donors (Lipinski definition) is 2. The number of fused-ring (bicyclic) bond motifs is 1. The second-order valence-electron chi connectivity index (χ2n) is 9.04. The van der Waals surface area contributed by atoms with Crippen molar-refractivity contribution in [1.82, 2.24) is 5.32 Å². The third kappa shape index (κ3) is 6.66. The van der Waals surface area contributed by atoms with Gasteiger partial charge in [0.1, 0.15) is 23.0 Å². The van der Waals surface area contributed by atoms with Gasteiger partial charge in [0, 0.05) is 12.2 Å². The molecule has 8 heteroatoms. The predicted octanol–water partition coefficient (Wildman–Crippen LogP) is 2.91. The largest absolute Gasteiger partial charge is 0.508 e. The summed E-state index contributed by atoms with van der Waals surface area (Å²) in [7, 11) is 0. The molecule has 0 saturated heterocycles. The number of phenolic OH excluding ortho intramolecular Hbond substituents is 1. The summed E-state index contributed by atoms with van der Waals surface area (Å²) in [4.78, 5) is 39.2. The van der Waals surface area contributed by atoms with E-state index in [0.717, 1.165) is 5.56 Å². The van der Waals surface area contributed by atoms with Gasteiger partial charge in [-0.3, -0.25) is 4.79 Å². The number of carbonyl (C=O) groups excluding carboxylic acids is 3. The van der Waals surface area contributed by atoms with Crippen LogP contribution in [0, 0.1) is 0 Å². The molecule has 2 rings (SSSR count). The molecule has 8 nitrogen and oxygen atoms in total. The van der Waals surface area contributed by atoms with E-state index in [1.54, 1.807) is 58.6 Å². The van der Waals surface area contributed by atoms with Gasteiger partial charge in [0.15, 0.2) is 0 Å². The standard InChI is InChI=1S/C21H30N2O6/c1-20(2,3)28-18(26)15(22-19(27)29-21(4,5)6)12-17(25)23-10-9-13-11-14(24)7-8-16(13)23/h7-8,11,15,24H,9-10,12H2,1-6H3,(H,22,27)/t15-/m1/s1. The van der Waals surface area contributed by atoms with E-state index in [4.69, 9.17) is 9.47 Å². The fraction of sp³-hybridized carbons (Fsp3) is 0.571. The summed E-state index contributed by atoms with van der Waals surface area (Å²) in [5.74, 6) is -0.903. The Morgan fingerprint density at radius 3 is 2.31 bits per heavy atom. The zero-order valence-electron chi connectivity index (χ0n) is 17.9. The summed E-state index contributed by atoms with van der Waals surface area (Å²) < 4.78 is 10.6. The summed E-state index contributed by atoms with van der Waals surface area (Å²) in [6, 6.07) is 3.61. The third-order valence-corrected chi connectivity index (χ3v) is 4.02. The van der Waals surface area contributed by atoms with Crippen LogP contribution in [0.4, 0.5) is 10.5 Å². The van der Waals surface area contributed by atoms with Gasteiger partial charge in [-0.25, -0.2) is 9.59 Å². The van der Waals surface area contributed by atoms with Crippen LogP contribution in [0.1, 0.15) is 53.5 Å².